The van der Waals surface area contributed by atoms with Gasteiger partial charge in [-0.1, -0.05) is 45.0 Å². The van der Waals surface area contributed by atoms with Crippen LogP contribution in [0.25, 0.3) is 11.1 Å². The maximum atomic E-state index is 13.7. The second-order valence-corrected chi connectivity index (χ2v) is 12.0. The third kappa shape index (κ3) is 6.48. The molecule has 0 aliphatic rings. The molecule has 0 saturated carbocycles. The zero-order chi connectivity index (χ0) is 27.5. The lowest BCUT2D eigenvalue weighted by Gasteiger charge is -2.19. The van der Waals surface area contributed by atoms with Crippen molar-refractivity contribution in [1.82, 2.24) is 19.7 Å². The van der Waals surface area contributed by atoms with Crippen molar-refractivity contribution in [1.29, 1.82) is 0 Å². The fourth-order valence-corrected chi connectivity index (χ4v) is 4.87. The molecule has 4 rings (SSSR count). The number of ether oxygens (including phenoxy) is 2. The SMILES string of the molecule is Cn1nc(OCCOc2ncc(Br)cn2)c(-c2ccc(F)cc2)c1NS(=O)(=O)c1ccc(C(C)(C)C)cc1. The van der Waals surface area contributed by atoms with Crippen LogP contribution in [0.4, 0.5) is 10.2 Å². The Morgan fingerprint density at radius 1 is 0.974 bits per heavy atom. The van der Waals surface area contributed by atoms with Crippen molar-refractivity contribution >= 4 is 31.8 Å². The van der Waals surface area contributed by atoms with Crippen LogP contribution in [0.2, 0.25) is 0 Å². The van der Waals surface area contributed by atoms with Crippen LogP contribution in [-0.4, -0.2) is 41.4 Å². The van der Waals surface area contributed by atoms with E-state index in [1.54, 1.807) is 43.7 Å². The van der Waals surface area contributed by atoms with E-state index in [4.69, 9.17) is 9.47 Å². The first-order chi connectivity index (χ1) is 17.9. The maximum absolute atomic E-state index is 13.7. The van der Waals surface area contributed by atoms with Crippen molar-refractivity contribution in [2.24, 2.45) is 7.05 Å². The Hall–Kier alpha value is -3.51. The lowest BCUT2D eigenvalue weighted by molar-refractivity contribution is 0.201. The van der Waals surface area contributed by atoms with Crippen LogP contribution in [0.15, 0.2) is 70.3 Å². The molecular weight excluding hydrogens is 577 g/mol. The summed E-state index contributed by atoms with van der Waals surface area (Å²) in [6.07, 6.45) is 3.12. The molecule has 0 fully saturated rings. The highest BCUT2D eigenvalue weighted by atomic mass is 79.9. The predicted octanol–water partition coefficient (Wildman–Crippen LogP) is 5.33. The number of hydrogen-bond donors (Lipinski definition) is 1. The van der Waals surface area contributed by atoms with Crippen molar-refractivity contribution in [2.45, 2.75) is 31.1 Å². The first-order valence-electron chi connectivity index (χ1n) is 11.6. The molecule has 9 nitrogen and oxygen atoms in total. The number of hydrogen-bond acceptors (Lipinski definition) is 7. The summed E-state index contributed by atoms with van der Waals surface area (Å²) in [5, 5.41) is 4.37. The monoisotopic (exact) mass is 603 g/mol. The van der Waals surface area contributed by atoms with Gasteiger partial charge in [0.15, 0.2) is 0 Å². The quantitative estimate of drug-likeness (QED) is 0.257. The van der Waals surface area contributed by atoms with Gasteiger partial charge in [-0.15, -0.1) is 5.10 Å². The van der Waals surface area contributed by atoms with E-state index < -0.39 is 15.8 Å². The fraction of sp³-hybridized carbons (Fsp3) is 0.269. The number of aryl methyl sites for hydroxylation is 1. The van der Waals surface area contributed by atoms with Crippen molar-refractivity contribution in [3.8, 4) is 23.0 Å². The molecule has 0 radical (unpaired) electrons. The van der Waals surface area contributed by atoms with Crippen LogP contribution in [0.5, 0.6) is 11.9 Å². The van der Waals surface area contributed by atoms with Gasteiger partial charge in [0.1, 0.15) is 24.8 Å². The largest absolute Gasteiger partial charge is 0.472 e. The number of aromatic nitrogens is 4. The molecule has 38 heavy (non-hydrogen) atoms. The van der Waals surface area contributed by atoms with Gasteiger partial charge in [0.25, 0.3) is 10.0 Å². The third-order valence-electron chi connectivity index (χ3n) is 5.56. The van der Waals surface area contributed by atoms with E-state index in [1.165, 1.54) is 28.9 Å². The lowest BCUT2D eigenvalue weighted by Crippen LogP contribution is -2.17. The minimum Gasteiger partial charge on any atom is -0.472 e. The van der Waals surface area contributed by atoms with Crippen molar-refractivity contribution < 1.29 is 22.3 Å². The maximum Gasteiger partial charge on any atom is 0.316 e. The minimum atomic E-state index is -3.97. The van der Waals surface area contributed by atoms with Gasteiger partial charge < -0.3 is 9.47 Å². The van der Waals surface area contributed by atoms with Gasteiger partial charge in [-0.3, -0.25) is 4.72 Å². The molecule has 4 aromatic rings. The van der Waals surface area contributed by atoms with Crippen molar-refractivity contribution in [3.05, 3.63) is 76.8 Å². The Bertz CT molecular complexity index is 1500. The molecule has 0 spiro atoms. The zero-order valence-electron chi connectivity index (χ0n) is 21.3. The molecule has 2 aromatic carbocycles. The van der Waals surface area contributed by atoms with Gasteiger partial charge in [0.05, 0.1) is 14.9 Å². The summed E-state index contributed by atoms with van der Waals surface area (Å²) in [6, 6.07) is 12.5. The van der Waals surface area contributed by atoms with Crippen molar-refractivity contribution in [2.75, 3.05) is 17.9 Å². The molecule has 0 amide bonds. The molecule has 0 unspecified atom stereocenters. The van der Waals surface area contributed by atoms with Crippen molar-refractivity contribution in [3.63, 3.8) is 0 Å². The Labute approximate surface area is 229 Å². The average Bonchev–Trinajstić information content (AvgIpc) is 3.17. The molecule has 0 aliphatic heterocycles. The second-order valence-electron chi connectivity index (χ2n) is 9.42. The first-order valence-corrected chi connectivity index (χ1v) is 13.9. The number of rotatable bonds is 9. The van der Waals surface area contributed by atoms with Gasteiger partial charge in [-0.25, -0.2) is 27.5 Å². The molecule has 0 atom stereocenters. The summed E-state index contributed by atoms with van der Waals surface area (Å²) in [4.78, 5) is 8.17. The smallest absolute Gasteiger partial charge is 0.316 e. The number of halogens is 2. The highest BCUT2D eigenvalue weighted by Crippen LogP contribution is 2.37. The lowest BCUT2D eigenvalue weighted by atomic mass is 9.87. The van der Waals surface area contributed by atoms with Gasteiger partial charge in [0, 0.05) is 19.4 Å². The molecule has 1 N–H and O–H groups in total. The summed E-state index contributed by atoms with van der Waals surface area (Å²) in [5.41, 5.74) is 1.78. The molecular formula is C26H27BrFN5O4S. The fourth-order valence-electron chi connectivity index (χ4n) is 3.56. The van der Waals surface area contributed by atoms with Crippen LogP contribution in [-0.2, 0) is 22.5 Å². The standard InChI is InChI=1S/C26H27BrFN5O4S/c1-26(2,3)18-7-11-21(12-8-18)38(34,35)32-23-22(17-5-9-20(28)10-6-17)24(31-33(23)4)36-13-14-37-25-29-15-19(27)16-30-25/h5-12,15-16,32H,13-14H2,1-4H3. The number of benzene rings is 2. The predicted molar refractivity (Wildman–Crippen MR) is 145 cm³/mol. The summed E-state index contributed by atoms with van der Waals surface area (Å²) in [6.45, 7) is 6.35. The molecule has 2 heterocycles. The van der Waals surface area contributed by atoms with E-state index >= 15 is 0 Å². The Morgan fingerprint density at radius 2 is 1.58 bits per heavy atom. The Balaban J connectivity index is 1.60. The van der Waals surface area contributed by atoms with Gasteiger partial charge >= 0.3 is 6.01 Å². The van der Waals surface area contributed by atoms with Gasteiger partial charge in [0.2, 0.25) is 5.88 Å². The van der Waals surface area contributed by atoms with Crippen LogP contribution in [0.1, 0.15) is 26.3 Å². The topological polar surface area (TPSA) is 108 Å². The highest BCUT2D eigenvalue weighted by molar-refractivity contribution is 9.10. The first kappa shape index (κ1) is 27.5. The van der Waals surface area contributed by atoms with E-state index in [9.17, 15) is 12.8 Å². The van der Waals surface area contributed by atoms with Crippen LogP contribution in [0.3, 0.4) is 0 Å². The highest BCUT2D eigenvalue weighted by Gasteiger charge is 2.25. The third-order valence-corrected chi connectivity index (χ3v) is 7.32. The van der Waals surface area contributed by atoms with Gasteiger partial charge in [-0.05, 0) is 56.7 Å². The molecule has 0 aliphatic carbocycles. The van der Waals surface area contributed by atoms with Crippen LogP contribution >= 0.6 is 15.9 Å². The van der Waals surface area contributed by atoms with E-state index in [-0.39, 0.29) is 41.2 Å². The number of nitrogens with zero attached hydrogens (tertiary/aromatic N) is 4. The number of anilines is 1. The number of nitrogens with one attached hydrogen (secondary N) is 1. The molecule has 12 heteroatoms. The Morgan fingerprint density at radius 3 is 2.18 bits per heavy atom. The van der Waals surface area contributed by atoms with Gasteiger partial charge in [-0.2, -0.15) is 0 Å². The van der Waals surface area contributed by atoms with E-state index in [0.29, 0.717) is 11.1 Å². The molecule has 0 bridgehead atoms. The Kier molecular flexibility index (Phi) is 8.02. The summed E-state index contributed by atoms with van der Waals surface area (Å²) < 4.78 is 56.3. The van der Waals surface area contributed by atoms with Crippen LogP contribution in [0, 0.1) is 5.82 Å². The van der Waals surface area contributed by atoms with E-state index in [2.05, 4.69) is 56.5 Å². The van der Waals surface area contributed by atoms with E-state index in [0.717, 1.165) is 10.0 Å². The second kappa shape index (κ2) is 11.1. The summed E-state index contributed by atoms with van der Waals surface area (Å²) in [5.74, 6) is -0.104. The molecule has 0 saturated heterocycles. The normalized spacial score (nSPS) is 11.8. The zero-order valence-corrected chi connectivity index (χ0v) is 23.7. The number of sulfonamides is 1. The molecule has 200 valence electrons. The van der Waals surface area contributed by atoms with E-state index in [1.807, 2.05) is 0 Å². The average molecular weight is 605 g/mol. The summed E-state index contributed by atoms with van der Waals surface area (Å²) >= 11 is 3.26. The minimum absolute atomic E-state index is 0.0745. The molecule has 2 aromatic heterocycles. The van der Waals surface area contributed by atoms with Crippen LogP contribution < -0.4 is 14.2 Å². The summed E-state index contributed by atoms with van der Waals surface area (Å²) in [7, 11) is -2.38.